The number of carbonyl (C=O) groups is 2. The number of sulfonamides is 1. The summed E-state index contributed by atoms with van der Waals surface area (Å²) in [6.45, 7) is 0.624. The van der Waals surface area contributed by atoms with Gasteiger partial charge >= 0.3 is 5.97 Å². The van der Waals surface area contributed by atoms with Gasteiger partial charge in [0.15, 0.2) is 0 Å². The number of aliphatic carboxylic acids is 1. The van der Waals surface area contributed by atoms with Crippen molar-refractivity contribution in [2.24, 2.45) is 0 Å². The molecule has 0 radical (unpaired) electrons. The zero-order valence-corrected chi connectivity index (χ0v) is 23.0. The Labute approximate surface area is 229 Å². The summed E-state index contributed by atoms with van der Waals surface area (Å²) < 4.78 is 29.3. The molecule has 3 aromatic rings. The van der Waals surface area contributed by atoms with E-state index in [1.54, 1.807) is 17.0 Å². The van der Waals surface area contributed by atoms with Crippen molar-refractivity contribution in [1.29, 1.82) is 0 Å². The molecule has 1 saturated carbocycles. The smallest absolute Gasteiger partial charge is 0.325 e. The van der Waals surface area contributed by atoms with Crippen molar-refractivity contribution in [2.75, 3.05) is 38.6 Å². The molecule has 1 amide bonds. The van der Waals surface area contributed by atoms with Crippen molar-refractivity contribution < 1.29 is 23.1 Å². The second-order valence-electron chi connectivity index (χ2n) is 10.4. The number of carboxylic acid groups (broad SMARTS) is 1. The summed E-state index contributed by atoms with van der Waals surface area (Å²) >= 11 is 0. The van der Waals surface area contributed by atoms with E-state index in [4.69, 9.17) is 0 Å². The van der Waals surface area contributed by atoms with Gasteiger partial charge in [0.1, 0.15) is 5.54 Å². The second kappa shape index (κ2) is 10.5. The van der Waals surface area contributed by atoms with Gasteiger partial charge in [-0.15, -0.1) is 0 Å². The molecule has 1 saturated heterocycles. The summed E-state index contributed by atoms with van der Waals surface area (Å²) in [7, 11) is -0.272. The molecule has 0 unspecified atom stereocenters. The summed E-state index contributed by atoms with van der Waals surface area (Å²) in [5, 5.41) is 10.4. The maximum Gasteiger partial charge on any atom is 0.325 e. The van der Waals surface area contributed by atoms with E-state index in [-0.39, 0.29) is 30.3 Å². The number of carboxylic acids is 1. The number of amides is 1. The van der Waals surface area contributed by atoms with E-state index in [0.29, 0.717) is 13.0 Å². The first-order valence-corrected chi connectivity index (χ1v) is 14.6. The number of likely N-dealkylation sites (tertiary alicyclic amines) is 1. The lowest BCUT2D eigenvalue weighted by atomic mass is 10.1. The molecular weight excluding hydrogens is 514 g/mol. The fourth-order valence-electron chi connectivity index (χ4n) is 5.53. The van der Waals surface area contributed by atoms with Gasteiger partial charge in [-0.2, -0.15) is 4.31 Å². The molecule has 9 heteroatoms. The summed E-state index contributed by atoms with van der Waals surface area (Å²) in [5.41, 5.74) is 2.04. The Morgan fingerprint density at radius 2 is 1.59 bits per heavy atom. The second-order valence-corrected chi connectivity index (χ2v) is 12.3. The predicted molar refractivity (Wildman–Crippen MR) is 150 cm³/mol. The molecule has 5 rings (SSSR count). The van der Waals surface area contributed by atoms with Gasteiger partial charge in [0, 0.05) is 51.8 Å². The molecular formula is C30H33N3O5S. The third-order valence-corrected chi connectivity index (χ3v) is 9.81. The molecule has 1 heterocycles. The van der Waals surface area contributed by atoms with Crippen LogP contribution in [0, 0.1) is 0 Å². The highest BCUT2D eigenvalue weighted by atomic mass is 32.2. The fourth-order valence-corrected chi connectivity index (χ4v) is 7.30. The molecule has 2 fully saturated rings. The zero-order valence-electron chi connectivity index (χ0n) is 22.2. The monoisotopic (exact) mass is 547 g/mol. The largest absolute Gasteiger partial charge is 0.480 e. The van der Waals surface area contributed by atoms with Crippen LogP contribution in [0.25, 0.3) is 11.1 Å². The number of hydrogen-bond acceptors (Lipinski definition) is 5. The lowest BCUT2D eigenvalue weighted by Crippen LogP contribution is -2.51. The summed E-state index contributed by atoms with van der Waals surface area (Å²) in [6.07, 6.45) is 1.33. The number of nitrogens with zero attached hydrogens (tertiary/aromatic N) is 3. The molecule has 1 aliphatic carbocycles. The molecule has 0 spiro atoms. The highest BCUT2D eigenvalue weighted by Crippen LogP contribution is 2.57. The van der Waals surface area contributed by atoms with E-state index in [1.807, 2.05) is 73.6 Å². The molecule has 1 N–H and O–H groups in total. The van der Waals surface area contributed by atoms with Gasteiger partial charge < -0.3 is 14.9 Å². The molecule has 8 nitrogen and oxygen atoms in total. The van der Waals surface area contributed by atoms with E-state index < -0.39 is 27.4 Å². The number of anilines is 1. The van der Waals surface area contributed by atoms with Crippen LogP contribution in [-0.4, -0.2) is 73.9 Å². The van der Waals surface area contributed by atoms with Gasteiger partial charge in [-0.3, -0.25) is 9.59 Å². The van der Waals surface area contributed by atoms with Crippen molar-refractivity contribution in [3.05, 3.63) is 84.4 Å². The zero-order chi connectivity index (χ0) is 27.8. The van der Waals surface area contributed by atoms with Crippen LogP contribution in [0.5, 0.6) is 0 Å². The Kier molecular flexibility index (Phi) is 7.22. The molecule has 3 aromatic carbocycles. The lowest BCUT2D eigenvalue weighted by molar-refractivity contribution is -0.143. The van der Waals surface area contributed by atoms with Gasteiger partial charge in [0.2, 0.25) is 15.9 Å². The number of rotatable bonds is 10. The Bertz CT molecular complexity index is 1460. The highest BCUT2D eigenvalue weighted by molar-refractivity contribution is 7.89. The van der Waals surface area contributed by atoms with E-state index in [0.717, 1.165) is 33.1 Å². The van der Waals surface area contributed by atoms with Crippen molar-refractivity contribution in [2.45, 2.75) is 35.6 Å². The molecule has 2 aliphatic rings. The molecule has 1 aliphatic heterocycles. The summed E-state index contributed by atoms with van der Waals surface area (Å²) in [6, 6.07) is 23.7. The minimum absolute atomic E-state index is 0.0308. The maximum atomic E-state index is 14.1. The molecule has 204 valence electrons. The van der Waals surface area contributed by atoms with Crippen LogP contribution in [0.2, 0.25) is 0 Å². The molecule has 0 bridgehead atoms. The minimum Gasteiger partial charge on any atom is -0.480 e. The third-order valence-electron chi connectivity index (χ3n) is 7.85. The van der Waals surface area contributed by atoms with Crippen LogP contribution in [0.3, 0.4) is 0 Å². The van der Waals surface area contributed by atoms with Crippen molar-refractivity contribution in [3.8, 4) is 11.1 Å². The van der Waals surface area contributed by atoms with Crippen molar-refractivity contribution >= 4 is 27.6 Å². The highest BCUT2D eigenvalue weighted by Gasteiger charge is 2.67. The van der Waals surface area contributed by atoms with Gasteiger partial charge in [0.25, 0.3) is 0 Å². The Hall–Kier alpha value is -3.69. The SMILES string of the molecule is CN(C)c1ccc(-c2ccc(S(=O)(=O)N(CCN3CCCC3=O)[C@]3(C(=O)O)C[C@H]3c3ccccc3)cc2)cc1. The van der Waals surface area contributed by atoms with E-state index in [1.165, 1.54) is 12.1 Å². The van der Waals surface area contributed by atoms with Crippen molar-refractivity contribution in [3.63, 3.8) is 0 Å². The number of carbonyl (C=O) groups excluding carboxylic acids is 1. The number of benzene rings is 3. The Balaban J connectivity index is 1.48. The van der Waals surface area contributed by atoms with Gasteiger partial charge in [0.05, 0.1) is 4.90 Å². The first-order chi connectivity index (χ1) is 18.6. The van der Waals surface area contributed by atoms with E-state index in [9.17, 15) is 23.1 Å². The van der Waals surface area contributed by atoms with Crippen LogP contribution in [0.4, 0.5) is 5.69 Å². The van der Waals surface area contributed by atoms with Gasteiger partial charge in [-0.25, -0.2) is 8.42 Å². The summed E-state index contributed by atoms with van der Waals surface area (Å²) in [4.78, 5) is 28.7. The average Bonchev–Trinajstić information content (AvgIpc) is 3.56. The third kappa shape index (κ3) is 5.04. The fraction of sp³-hybridized carbons (Fsp3) is 0.333. The molecule has 39 heavy (non-hydrogen) atoms. The van der Waals surface area contributed by atoms with Crippen LogP contribution >= 0.6 is 0 Å². The van der Waals surface area contributed by atoms with Crippen molar-refractivity contribution in [1.82, 2.24) is 9.21 Å². The first kappa shape index (κ1) is 26.9. The van der Waals surface area contributed by atoms with Gasteiger partial charge in [-0.05, 0) is 53.8 Å². The normalized spacial score (nSPS) is 20.8. The summed E-state index contributed by atoms with van der Waals surface area (Å²) in [5.74, 6) is -1.68. The first-order valence-electron chi connectivity index (χ1n) is 13.1. The maximum absolute atomic E-state index is 14.1. The van der Waals surface area contributed by atoms with E-state index in [2.05, 4.69) is 0 Å². The standard InChI is InChI=1S/C30H33N3O5S/c1-31(2)25-14-10-22(11-15-25)23-12-16-26(17-13-23)39(37,38)33(20-19-32-18-6-9-28(32)34)30(29(35)36)21-27(30)24-7-4-3-5-8-24/h3-5,7-8,10-17,27H,6,9,18-21H2,1-2H3,(H,35,36)/t27-,30+/m0/s1. The quantitative estimate of drug-likeness (QED) is 0.411. The topological polar surface area (TPSA) is 98.2 Å². The predicted octanol–water partition coefficient (Wildman–Crippen LogP) is 4.04. The molecule has 2 atom stereocenters. The minimum atomic E-state index is -4.20. The van der Waals surface area contributed by atoms with Crippen LogP contribution in [0.1, 0.15) is 30.7 Å². The molecule has 0 aromatic heterocycles. The Morgan fingerprint density at radius 3 is 2.13 bits per heavy atom. The lowest BCUT2D eigenvalue weighted by Gasteiger charge is -2.31. The average molecular weight is 548 g/mol. The van der Waals surface area contributed by atoms with Crippen LogP contribution in [-0.2, 0) is 19.6 Å². The van der Waals surface area contributed by atoms with Gasteiger partial charge in [-0.1, -0.05) is 54.6 Å². The Morgan fingerprint density at radius 1 is 0.974 bits per heavy atom. The van der Waals surface area contributed by atoms with E-state index >= 15 is 0 Å². The van der Waals surface area contributed by atoms with Crippen LogP contribution < -0.4 is 4.90 Å². The van der Waals surface area contributed by atoms with Crippen LogP contribution in [0.15, 0.2) is 83.8 Å². The number of hydrogen-bond donors (Lipinski definition) is 1.